The van der Waals surface area contributed by atoms with Crippen LogP contribution in [0.2, 0.25) is 0 Å². The highest BCUT2D eigenvalue weighted by atomic mass is 31.1. The fourth-order valence-corrected chi connectivity index (χ4v) is 12.1. The Hall–Kier alpha value is -3.82. The minimum atomic E-state index is -0.766. The van der Waals surface area contributed by atoms with E-state index < -0.39 is 15.8 Å². The summed E-state index contributed by atoms with van der Waals surface area (Å²) < 4.78 is 0. The van der Waals surface area contributed by atoms with E-state index in [1.165, 1.54) is 92.6 Å². The van der Waals surface area contributed by atoms with Crippen LogP contribution >= 0.6 is 15.8 Å². The van der Waals surface area contributed by atoms with E-state index in [9.17, 15) is 0 Å². The van der Waals surface area contributed by atoms with Crippen molar-refractivity contribution in [1.29, 1.82) is 0 Å². The summed E-state index contributed by atoms with van der Waals surface area (Å²) in [6, 6.07) is 59.6. The molecule has 0 heterocycles. The molecule has 46 heavy (non-hydrogen) atoms. The third-order valence-electron chi connectivity index (χ3n) is 9.19. The second-order valence-electron chi connectivity index (χ2n) is 12.3. The van der Waals surface area contributed by atoms with Crippen molar-refractivity contribution in [3.8, 4) is 11.1 Å². The van der Waals surface area contributed by atoms with Crippen LogP contribution in [0.1, 0.15) is 49.7 Å². The first-order chi connectivity index (χ1) is 22.9. The molecule has 0 saturated carbocycles. The highest BCUT2D eigenvalue weighted by Crippen LogP contribution is 2.44. The van der Waals surface area contributed by atoms with Gasteiger partial charge in [-0.1, -0.05) is 183 Å². The van der Waals surface area contributed by atoms with Gasteiger partial charge in [-0.05, 0) is 95.6 Å². The number of fused-ring (bicyclic) bond motifs is 3. The molecular formula is C44H42P2. The van der Waals surface area contributed by atoms with Crippen LogP contribution in [-0.2, 0) is 12.8 Å². The topological polar surface area (TPSA) is 0 Å². The summed E-state index contributed by atoms with van der Waals surface area (Å²) in [5.41, 5.74) is 6.04. The van der Waals surface area contributed by atoms with Gasteiger partial charge in [0.25, 0.3) is 0 Å². The summed E-state index contributed by atoms with van der Waals surface area (Å²) in [6.45, 7) is 0. The van der Waals surface area contributed by atoms with Gasteiger partial charge in [-0.25, -0.2) is 0 Å². The molecule has 6 aromatic rings. The maximum atomic E-state index is 2.46. The van der Waals surface area contributed by atoms with Crippen LogP contribution in [0.15, 0.2) is 158 Å². The zero-order valence-corrected chi connectivity index (χ0v) is 28.4. The van der Waals surface area contributed by atoms with Crippen molar-refractivity contribution in [2.45, 2.75) is 51.4 Å². The van der Waals surface area contributed by atoms with E-state index in [-0.39, 0.29) is 0 Å². The molecule has 0 nitrogen and oxygen atoms in total. The van der Waals surface area contributed by atoms with Gasteiger partial charge < -0.3 is 0 Å². The summed E-state index contributed by atoms with van der Waals surface area (Å²) in [4.78, 5) is 0. The summed E-state index contributed by atoms with van der Waals surface area (Å²) in [5.74, 6) is 0. The van der Waals surface area contributed by atoms with Gasteiger partial charge in [-0.3, -0.25) is 0 Å². The van der Waals surface area contributed by atoms with Crippen molar-refractivity contribution < 1.29 is 0 Å². The molecule has 0 fully saturated rings. The van der Waals surface area contributed by atoms with Crippen molar-refractivity contribution in [3.05, 3.63) is 169 Å². The lowest BCUT2D eigenvalue weighted by Gasteiger charge is -2.30. The number of rotatable bonds is 6. The van der Waals surface area contributed by atoms with Crippen LogP contribution in [0, 0.1) is 0 Å². The van der Waals surface area contributed by atoms with E-state index in [2.05, 4.69) is 158 Å². The van der Waals surface area contributed by atoms with Gasteiger partial charge in [0.15, 0.2) is 0 Å². The standard InChI is InChI=1S/C44H42P2/c1-2-4-10-22-36-24-20-34-42(46(39-29-15-7-16-30-39)40-31-17-8-18-32-40)44(36)43-35(21-9-3-1)23-19-33-41(43)45(37-25-11-5-12-26-37)38-27-13-6-14-28-38/h5-8,11-20,23-34H,1-4,9-10,21-22H2. The molecular weight excluding hydrogens is 590 g/mol. The Balaban J connectivity index is 1.55. The third-order valence-corrected chi connectivity index (χ3v) is 14.2. The molecule has 0 amide bonds. The molecule has 0 bridgehead atoms. The summed E-state index contributed by atoms with van der Waals surface area (Å²) in [5, 5.41) is 8.64. The Labute approximate surface area is 278 Å². The lowest BCUT2D eigenvalue weighted by molar-refractivity contribution is 0.593. The molecule has 6 aromatic carbocycles. The van der Waals surface area contributed by atoms with Crippen LogP contribution in [0.4, 0.5) is 0 Å². The van der Waals surface area contributed by atoms with Crippen LogP contribution in [0.25, 0.3) is 11.1 Å². The van der Waals surface area contributed by atoms with Crippen molar-refractivity contribution in [2.24, 2.45) is 0 Å². The minimum absolute atomic E-state index is 0.766. The van der Waals surface area contributed by atoms with Crippen molar-refractivity contribution in [2.75, 3.05) is 0 Å². The number of aryl methyl sites for hydroxylation is 2. The molecule has 1 aliphatic rings. The number of hydrogen-bond donors (Lipinski definition) is 0. The Morgan fingerprint density at radius 2 is 0.587 bits per heavy atom. The Morgan fingerprint density at radius 3 is 0.913 bits per heavy atom. The van der Waals surface area contributed by atoms with E-state index in [4.69, 9.17) is 0 Å². The Kier molecular flexibility index (Phi) is 10.2. The number of hydrogen-bond acceptors (Lipinski definition) is 0. The fraction of sp³-hybridized carbons (Fsp3) is 0.182. The quantitative estimate of drug-likeness (QED) is 0.161. The van der Waals surface area contributed by atoms with Gasteiger partial charge >= 0.3 is 0 Å². The monoisotopic (exact) mass is 632 g/mol. The van der Waals surface area contributed by atoms with Crippen LogP contribution < -0.4 is 31.8 Å². The van der Waals surface area contributed by atoms with Gasteiger partial charge in [0.1, 0.15) is 0 Å². The molecule has 0 unspecified atom stereocenters. The zero-order chi connectivity index (χ0) is 31.0. The molecule has 0 radical (unpaired) electrons. The minimum Gasteiger partial charge on any atom is -0.0622 e. The smallest absolute Gasteiger partial charge is 0.00588 e. The van der Waals surface area contributed by atoms with Gasteiger partial charge in [-0.15, -0.1) is 0 Å². The lowest BCUT2D eigenvalue weighted by Crippen LogP contribution is -2.27. The van der Waals surface area contributed by atoms with Gasteiger partial charge in [0.2, 0.25) is 0 Å². The maximum Gasteiger partial charge on any atom is -0.00588 e. The van der Waals surface area contributed by atoms with Crippen molar-refractivity contribution >= 4 is 47.7 Å². The summed E-state index contributed by atoms with van der Waals surface area (Å²) in [7, 11) is -1.53. The van der Waals surface area contributed by atoms with Crippen molar-refractivity contribution in [3.63, 3.8) is 0 Å². The van der Waals surface area contributed by atoms with E-state index in [1.54, 1.807) is 0 Å². The lowest BCUT2D eigenvalue weighted by atomic mass is 9.89. The number of benzene rings is 6. The predicted octanol–water partition coefficient (Wildman–Crippen LogP) is 9.31. The van der Waals surface area contributed by atoms with Crippen LogP contribution in [0.3, 0.4) is 0 Å². The molecule has 1 aliphatic carbocycles. The fourth-order valence-electron chi connectivity index (χ4n) is 7.04. The van der Waals surface area contributed by atoms with E-state index in [1.807, 2.05) is 0 Å². The first kappa shape index (κ1) is 30.8. The Morgan fingerprint density at radius 1 is 0.283 bits per heavy atom. The second-order valence-corrected chi connectivity index (χ2v) is 16.6. The van der Waals surface area contributed by atoms with E-state index in [0.29, 0.717) is 0 Å². The molecule has 0 aliphatic heterocycles. The Bertz CT molecular complexity index is 1610. The molecule has 0 spiro atoms. The second kappa shape index (κ2) is 15.2. The third kappa shape index (κ3) is 6.81. The highest BCUT2D eigenvalue weighted by molar-refractivity contribution is 7.80. The SMILES string of the molecule is c1ccc(P(c2ccccc2)c2cccc3c2-c2c(cccc2P(c2ccccc2)c2ccccc2)CCCCCCCC3)cc1. The summed E-state index contributed by atoms with van der Waals surface area (Å²) >= 11 is 0. The molecule has 0 N–H and O–H groups in total. The van der Waals surface area contributed by atoms with Crippen LogP contribution in [0.5, 0.6) is 0 Å². The summed E-state index contributed by atoms with van der Waals surface area (Å²) in [6.07, 6.45) is 10.0. The van der Waals surface area contributed by atoms with Gasteiger partial charge in [0, 0.05) is 0 Å². The first-order valence-corrected chi connectivity index (χ1v) is 19.6. The average molecular weight is 633 g/mol. The van der Waals surface area contributed by atoms with Gasteiger partial charge in [0.05, 0.1) is 0 Å². The van der Waals surface area contributed by atoms with E-state index in [0.717, 1.165) is 12.8 Å². The normalized spacial score (nSPS) is 13.8. The predicted molar refractivity (Wildman–Crippen MR) is 204 cm³/mol. The van der Waals surface area contributed by atoms with Crippen LogP contribution in [-0.4, -0.2) is 0 Å². The molecule has 0 saturated heterocycles. The van der Waals surface area contributed by atoms with E-state index >= 15 is 0 Å². The molecule has 0 aromatic heterocycles. The largest absolute Gasteiger partial charge is 0.0622 e. The van der Waals surface area contributed by atoms with Gasteiger partial charge in [-0.2, -0.15) is 0 Å². The molecule has 2 heteroatoms. The first-order valence-electron chi connectivity index (χ1n) is 16.9. The zero-order valence-electron chi connectivity index (χ0n) is 26.6. The maximum absolute atomic E-state index is 2.46. The molecule has 228 valence electrons. The van der Waals surface area contributed by atoms with Crippen molar-refractivity contribution in [1.82, 2.24) is 0 Å². The average Bonchev–Trinajstić information content (AvgIpc) is 3.11. The molecule has 7 rings (SSSR count). The highest BCUT2D eigenvalue weighted by Gasteiger charge is 2.28. The molecule has 0 atom stereocenters.